The van der Waals surface area contributed by atoms with E-state index >= 15 is 0 Å². The van der Waals surface area contributed by atoms with Gasteiger partial charge in [-0.1, -0.05) is 0 Å². The first kappa shape index (κ1) is 18.5. The summed E-state index contributed by atoms with van der Waals surface area (Å²) in [5.74, 6) is 0.699. The lowest BCUT2D eigenvalue weighted by atomic mass is 10.2. The summed E-state index contributed by atoms with van der Waals surface area (Å²) in [7, 11) is -2.14. The molecule has 9 nitrogen and oxygen atoms in total. The highest BCUT2D eigenvalue weighted by Gasteiger charge is 2.27. The van der Waals surface area contributed by atoms with Crippen LogP contribution in [0.25, 0.3) is 16.7 Å². The minimum Gasteiger partial charge on any atom is -0.495 e. The molecule has 28 heavy (non-hydrogen) atoms. The van der Waals surface area contributed by atoms with Gasteiger partial charge in [0.2, 0.25) is 10.0 Å². The van der Waals surface area contributed by atoms with Gasteiger partial charge in [0.15, 0.2) is 0 Å². The number of fused-ring (bicyclic) bond motifs is 1. The Morgan fingerprint density at radius 2 is 1.89 bits per heavy atom. The van der Waals surface area contributed by atoms with Crippen LogP contribution in [0.15, 0.2) is 41.4 Å². The minimum atomic E-state index is -3.63. The van der Waals surface area contributed by atoms with Crippen LogP contribution in [0.3, 0.4) is 0 Å². The van der Waals surface area contributed by atoms with Crippen LogP contribution in [0.2, 0.25) is 0 Å². The quantitative estimate of drug-likeness (QED) is 0.671. The van der Waals surface area contributed by atoms with Crippen molar-refractivity contribution in [1.29, 1.82) is 0 Å². The summed E-state index contributed by atoms with van der Waals surface area (Å²) in [4.78, 5) is 4.52. The Bertz CT molecular complexity index is 1140. The second-order valence-electron chi connectivity index (χ2n) is 6.41. The maximum absolute atomic E-state index is 12.9. The van der Waals surface area contributed by atoms with Gasteiger partial charge in [-0.3, -0.25) is 4.57 Å². The van der Waals surface area contributed by atoms with Gasteiger partial charge in [-0.2, -0.15) is 4.31 Å². The zero-order valence-corrected chi connectivity index (χ0v) is 16.1. The molecule has 0 bridgehead atoms. The molecule has 3 heterocycles. The Morgan fingerprint density at radius 3 is 2.61 bits per heavy atom. The highest BCUT2D eigenvalue weighted by molar-refractivity contribution is 7.89. The molecule has 4 N–H and O–H groups in total. The van der Waals surface area contributed by atoms with E-state index in [-0.39, 0.29) is 4.90 Å². The summed E-state index contributed by atoms with van der Waals surface area (Å²) < 4.78 is 39.7. The SMILES string of the molecule is COc1cc(S(=O)(=O)N2CCOCC2)ccc1-n1ccc2c(N)cc(N)nc21. The largest absolute Gasteiger partial charge is 0.495 e. The van der Waals surface area contributed by atoms with Gasteiger partial charge in [0.1, 0.15) is 17.2 Å². The van der Waals surface area contributed by atoms with E-state index in [4.69, 9.17) is 20.9 Å². The Kier molecular flexibility index (Phi) is 4.61. The Balaban J connectivity index is 1.80. The zero-order valence-electron chi connectivity index (χ0n) is 15.3. The molecule has 1 aromatic carbocycles. The van der Waals surface area contributed by atoms with Crippen LogP contribution in [-0.2, 0) is 14.8 Å². The van der Waals surface area contributed by atoms with Gasteiger partial charge >= 0.3 is 0 Å². The van der Waals surface area contributed by atoms with Crippen LogP contribution >= 0.6 is 0 Å². The molecule has 148 valence electrons. The van der Waals surface area contributed by atoms with Gasteiger partial charge in [-0.15, -0.1) is 0 Å². The molecule has 0 spiro atoms. The molecule has 0 atom stereocenters. The number of hydrogen-bond acceptors (Lipinski definition) is 7. The summed E-state index contributed by atoms with van der Waals surface area (Å²) in [5.41, 5.74) is 13.6. The van der Waals surface area contributed by atoms with Crippen molar-refractivity contribution in [3.05, 3.63) is 36.5 Å². The van der Waals surface area contributed by atoms with Gasteiger partial charge in [-0.25, -0.2) is 13.4 Å². The minimum absolute atomic E-state index is 0.165. The molecule has 0 unspecified atom stereocenters. The molecular formula is C18H21N5O4S. The molecule has 1 fully saturated rings. The van der Waals surface area contributed by atoms with Gasteiger partial charge in [0.05, 0.1) is 30.9 Å². The summed E-state index contributed by atoms with van der Waals surface area (Å²) >= 11 is 0. The molecule has 0 radical (unpaired) electrons. The van der Waals surface area contributed by atoms with E-state index in [9.17, 15) is 8.42 Å². The standard InChI is InChI=1S/C18H21N5O4S/c1-26-16-10-12(28(24,25)22-6-8-27-9-7-22)2-3-15(16)23-5-4-13-14(19)11-17(20)21-18(13)23/h2-5,10-11H,6-9H2,1H3,(H4,19,20,21). The molecule has 0 amide bonds. The van der Waals surface area contributed by atoms with Crippen LogP contribution in [0.4, 0.5) is 11.5 Å². The fraction of sp³-hybridized carbons (Fsp3) is 0.278. The highest BCUT2D eigenvalue weighted by Crippen LogP contribution is 2.32. The fourth-order valence-electron chi connectivity index (χ4n) is 3.30. The number of nitrogen functional groups attached to an aromatic ring is 2. The van der Waals surface area contributed by atoms with Crippen LogP contribution in [0, 0.1) is 0 Å². The predicted molar refractivity (Wildman–Crippen MR) is 106 cm³/mol. The van der Waals surface area contributed by atoms with Crippen LogP contribution in [-0.4, -0.2) is 55.7 Å². The summed E-state index contributed by atoms with van der Waals surface area (Å²) in [6, 6.07) is 8.19. The van der Waals surface area contributed by atoms with E-state index < -0.39 is 10.0 Å². The zero-order chi connectivity index (χ0) is 19.9. The number of sulfonamides is 1. The number of aromatic nitrogens is 2. The number of anilines is 2. The van der Waals surface area contributed by atoms with Crippen molar-refractivity contribution in [3.8, 4) is 11.4 Å². The average molecular weight is 403 g/mol. The van der Waals surface area contributed by atoms with E-state index in [1.807, 2.05) is 6.07 Å². The maximum Gasteiger partial charge on any atom is 0.243 e. The molecular weight excluding hydrogens is 382 g/mol. The number of morpholine rings is 1. The first-order valence-corrected chi connectivity index (χ1v) is 10.1. The lowest BCUT2D eigenvalue weighted by Crippen LogP contribution is -2.40. The van der Waals surface area contributed by atoms with Crippen LogP contribution < -0.4 is 16.2 Å². The number of ether oxygens (including phenoxy) is 2. The van der Waals surface area contributed by atoms with Crippen molar-refractivity contribution in [2.45, 2.75) is 4.90 Å². The van der Waals surface area contributed by atoms with Gasteiger partial charge < -0.3 is 20.9 Å². The molecule has 1 saturated heterocycles. The average Bonchev–Trinajstić information content (AvgIpc) is 3.12. The molecule has 2 aromatic heterocycles. The normalized spacial score (nSPS) is 15.8. The first-order chi connectivity index (χ1) is 13.4. The number of rotatable bonds is 4. The second-order valence-corrected chi connectivity index (χ2v) is 8.35. The van der Waals surface area contributed by atoms with E-state index in [0.29, 0.717) is 54.9 Å². The van der Waals surface area contributed by atoms with Crippen molar-refractivity contribution in [2.24, 2.45) is 0 Å². The molecule has 10 heteroatoms. The molecule has 1 aliphatic heterocycles. The lowest BCUT2D eigenvalue weighted by molar-refractivity contribution is 0.0730. The van der Waals surface area contributed by atoms with Crippen molar-refractivity contribution in [2.75, 3.05) is 44.9 Å². The molecule has 1 aliphatic rings. The number of benzene rings is 1. The fourth-order valence-corrected chi connectivity index (χ4v) is 4.73. The Hall–Kier alpha value is -2.82. The molecule has 0 aliphatic carbocycles. The van der Waals surface area contributed by atoms with E-state index in [2.05, 4.69) is 4.98 Å². The maximum atomic E-state index is 12.9. The Labute approximate surface area is 162 Å². The van der Waals surface area contributed by atoms with Crippen LogP contribution in [0.1, 0.15) is 0 Å². The number of nitrogens with two attached hydrogens (primary N) is 2. The third-order valence-electron chi connectivity index (χ3n) is 4.73. The molecule has 3 aromatic rings. The van der Waals surface area contributed by atoms with E-state index in [0.717, 1.165) is 5.39 Å². The van der Waals surface area contributed by atoms with E-state index in [1.165, 1.54) is 17.5 Å². The first-order valence-electron chi connectivity index (χ1n) is 8.71. The number of nitrogens with zero attached hydrogens (tertiary/aromatic N) is 3. The molecule has 0 saturated carbocycles. The lowest BCUT2D eigenvalue weighted by Gasteiger charge is -2.26. The Morgan fingerprint density at radius 1 is 1.14 bits per heavy atom. The number of pyridine rings is 1. The molecule has 4 rings (SSSR count). The van der Waals surface area contributed by atoms with Crippen molar-refractivity contribution < 1.29 is 17.9 Å². The number of methoxy groups -OCH3 is 1. The number of hydrogen-bond donors (Lipinski definition) is 2. The van der Waals surface area contributed by atoms with Crippen molar-refractivity contribution >= 4 is 32.6 Å². The predicted octanol–water partition coefficient (Wildman–Crippen LogP) is 1.22. The topological polar surface area (TPSA) is 126 Å². The van der Waals surface area contributed by atoms with E-state index in [1.54, 1.807) is 29.0 Å². The van der Waals surface area contributed by atoms with Gasteiger partial charge in [0.25, 0.3) is 0 Å². The third-order valence-corrected chi connectivity index (χ3v) is 6.62. The smallest absolute Gasteiger partial charge is 0.243 e. The highest BCUT2D eigenvalue weighted by atomic mass is 32.2. The summed E-state index contributed by atoms with van der Waals surface area (Å²) in [6.45, 7) is 1.44. The summed E-state index contributed by atoms with van der Waals surface area (Å²) in [6.07, 6.45) is 1.79. The summed E-state index contributed by atoms with van der Waals surface area (Å²) in [5, 5.41) is 0.751. The van der Waals surface area contributed by atoms with Gasteiger partial charge in [-0.05, 0) is 18.2 Å². The van der Waals surface area contributed by atoms with Gasteiger partial charge in [0, 0.05) is 42.5 Å². The van der Waals surface area contributed by atoms with Crippen molar-refractivity contribution in [1.82, 2.24) is 13.9 Å². The van der Waals surface area contributed by atoms with Crippen molar-refractivity contribution in [3.63, 3.8) is 0 Å². The monoisotopic (exact) mass is 403 g/mol. The van der Waals surface area contributed by atoms with Crippen LogP contribution in [0.5, 0.6) is 5.75 Å². The second kappa shape index (κ2) is 6.97. The third kappa shape index (κ3) is 3.05.